The highest BCUT2D eigenvalue weighted by molar-refractivity contribution is 5.98. The van der Waals surface area contributed by atoms with E-state index in [0.717, 1.165) is 17.3 Å². The molecule has 3 rings (SSSR count). The van der Waals surface area contributed by atoms with E-state index in [4.69, 9.17) is 0 Å². The van der Waals surface area contributed by atoms with Crippen molar-refractivity contribution >= 4 is 28.7 Å². The van der Waals surface area contributed by atoms with Crippen molar-refractivity contribution in [3.05, 3.63) is 36.0 Å². The molecule has 0 aliphatic carbocycles. The molecule has 7 heteroatoms. The first kappa shape index (κ1) is 17.0. The van der Waals surface area contributed by atoms with Crippen LogP contribution in [0.25, 0.3) is 10.9 Å². The van der Waals surface area contributed by atoms with Crippen LogP contribution in [0, 0.1) is 5.92 Å². The number of carbonyl (C=O) groups is 3. The van der Waals surface area contributed by atoms with E-state index in [2.05, 4.69) is 15.0 Å². The van der Waals surface area contributed by atoms with Gasteiger partial charge in [0.25, 0.3) is 5.91 Å². The zero-order valence-corrected chi connectivity index (χ0v) is 14.1. The largest absolute Gasteiger partial charge is 0.468 e. The fraction of sp³-hybridized carbons (Fsp3) is 0.389. The van der Waals surface area contributed by atoms with E-state index in [-0.39, 0.29) is 24.3 Å². The van der Waals surface area contributed by atoms with Crippen LogP contribution in [0.1, 0.15) is 23.3 Å². The third-order valence-electron chi connectivity index (χ3n) is 4.47. The Balaban J connectivity index is 1.65. The predicted octanol–water partition coefficient (Wildman–Crippen LogP) is 1.31. The first-order valence-corrected chi connectivity index (χ1v) is 8.30. The van der Waals surface area contributed by atoms with Gasteiger partial charge in [-0.1, -0.05) is 18.2 Å². The zero-order valence-electron chi connectivity index (χ0n) is 14.1. The predicted molar refractivity (Wildman–Crippen MR) is 92.0 cm³/mol. The number of nitrogens with one attached hydrogen (secondary N) is 2. The molecule has 0 saturated carbocycles. The number of likely N-dealkylation sites (tertiary alicyclic amines) is 1. The van der Waals surface area contributed by atoms with Crippen LogP contribution in [0.5, 0.6) is 0 Å². The minimum Gasteiger partial charge on any atom is -0.468 e. The zero-order chi connectivity index (χ0) is 17.8. The summed E-state index contributed by atoms with van der Waals surface area (Å²) in [6, 6.07) is 9.54. The van der Waals surface area contributed by atoms with E-state index >= 15 is 0 Å². The number of aromatic amines is 1. The van der Waals surface area contributed by atoms with Crippen molar-refractivity contribution in [3.8, 4) is 0 Å². The minimum atomic E-state index is -0.491. The van der Waals surface area contributed by atoms with Crippen molar-refractivity contribution in [1.29, 1.82) is 0 Å². The monoisotopic (exact) mass is 343 g/mol. The molecule has 1 aromatic carbocycles. The van der Waals surface area contributed by atoms with Gasteiger partial charge in [-0.3, -0.25) is 14.4 Å². The molecule has 1 saturated heterocycles. The second-order valence-electron chi connectivity index (χ2n) is 6.15. The maximum atomic E-state index is 12.7. The smallest absolute Gasteiger partial charge is 0.325 e. The molecule has 2 amide bonds. The molecular weight excluding hydrogens is 322 g/mol. The molecule has 132 valence electrons. The number of piperidine rings is 1. The molecule has 1 atom stereocenters. The summed E-state index contributed by atoms with van der Waals surface area (Å²) in [7, 11) is 1.27. The number of fused-ring (bicyclic) bond motifs is 1. The van der Waals surface area contributed by atoms with Gasteiger partial charge in [-0.2, -0.15) is 0 Å². The molecule has 1 aliphatic heterocycles. The number of esters is 1. The number of methoxy groups -OCH3 is 1. The van der Waals surface area contributed by atoms with E-state index in [1.54, 1.807) is 4.90 Å². The Hall–Kier alpha value is -2.83. The van der Waals surface area contributed by atoms with Gasteiger partial charge in [0.2, 0.25) is 5.91 Å². The average Bonchev–Trinajstić information content (AvgIpc) is 3.09. The molecule has 0 radical (unpaired) electrons. The van der Waals surface area contributed by atoms with Crippen LogP contribution in [-0.2, 0) is 14.3 Å². The molecule has 1 aromatic heterocycles. The number of carbonyl (C=O) groups excluding carboxylic acids is 3. The molecule has 25 heavy (non-hydrogen) atoms. The standard InChI is InChI=1S/C18H21N3O4/c1-25-16(22)10-19-17(23)13-6-4-8-21(11-13)18(24)15-9-12-5-2-3-7-14(12)20-15/h2-3,5,7,9,13,20H,4,6,8,10-11H2,1H3,(H,19,23). The molecule has 2 N–H and O–H groups in total. The molecule has 0 spiro atoms. The summed E-state index contributed by atoms with van der Waals surface area (Å²) in [6.45, 7) is 0.817. The lowest BCUT2D eigenvalue weighted by molar-refractivity contribution is -0.141. The number of benzene rings is 1. The third kappa shape index (κ3) is 3.81. The molecule has 2 heterocycles. The van der Waals surface area contributed by atoms with Crippen LogP contribution in [0.15, 0.2) is 30.3 Å². The van der Waals surface area contributed by atoms with Crippen molar-refractivity contribution < 1.29 is 19.1 Å². The molecule has 0 bridgehead atoms. The first-order chi connectivity index (χ1) is 12.1. The van der Waals surface area contributed by atoms with Gasteiger partial charge in [0.15, 0.2) is 0 Å². The quantitative estimate of drug-likeness (QED) is 0.819. The Morgan fingerprint density at radius 3 is 2.88 bits per heavy atom. The minimum absolute atomic E-state index is 0.110. The topological polar surface area (TPSA) is 91.5 Å². The lowest BCUT2D eigenvalue weighted by Crippen LogP contribution is -2.46. The SMILES string of the molecule is COC(=O)CNC(=O)C1CCCN(C(=O)c2cc3ccccc3[nH]2)C1. The molecule has 1 fully saturated rings. The van der Waals surface area contributed by atoms with Gasteiger partial charge >= 0.3 is 5.97 Å². The number of nitrogens with zero attached hydrogens (tertiary/aromatic N) is 1. The highest BCUT2D eigenvalue weighted by atomic mass is 16.5. The summed E-state index contributed by atoms with van der Waals surface area (Å²) in [5, 5.41) is 3.55. The Labute approximate surface area is 145 Å². The van der Waals surface area contributed by atoms with Crippen LogP contribution >= 0.6 is 0 Å². The van der Waals surface area contributed by atoms with Gasteiger partial charge in [-0.25, -0.2) is 0 Å². The van der Waals surface area contributed by atoms with Crippen LogP contribution in [0.3, 0.4) is 0 Å². The van der Waals surface area contributed by atoms with Gasteiger partial charge in [0.05, 0.1) is 13.0 Å². The Bertz CT molecular complexity index is 765. The fourth-order valence-electron chi connectivity index (χ4n) is 3.11. The lowest BCUT2D eigenvalue weighted by atomic mass is 9.97. The summed E-state index contributed by atoms with van der Waals surface area (Å²) in [6.07, 6.45) is 1.45. The summed E-state index contributed by atoms with van der Waals surface area (Å²) < 4.78 is 4.51. The number of amides is 2. The first-order valence-electron chi connectivity index (χ1n) is 8.30. The van der Waals surface area contributed by atoms with Crippen LogP contribution in [-0.4, -0.2) is 54.4 Å². The van der Waals surface area contributed by atoms with Gasteiger partial charge in [0, 0.05) is 24.0 Å². The maximum Gasteiger partial charge on any atom is 0.325 e. The number of rotatable bonds is 4. The molecule has 1 unspecified atom stereocenters. The highest BCUT2D eigenvalue weighted by Gasteiger charge is 2.29. The molecule has 2 aromatic rings. The maximum absolute atomic E-state index is 12.7. The fourth-order valence-corrected chi connectivity index (χ4v) is 3.11. The number of hydrogen-bond acceptors (Lipinski definition) is 4. The van der Waals surface area contributed by atoms with Gasteiger partial charge in [0.1, 0.15) is 12.2 Å². The Morgan fingerprint density at radius 1 is 1.32 bits per heavy atom. The Morgan fingerprint density at radius 2 is 2.12 bits per heavy atom. The molecular formula is C18H21N3O4. The van der Waals surface area contributed by atoms with Crippen molar-refractivity contribution in [2.24, 2.45) is 5.92 Å². The lowest BCUT2D eigenvalue weighted by Gasteiger charge is -2.31. The summed E-state index contributed by atoms with van der Waals surface area (Å²) >= 11 is 0. The summed E-state index contributed by atoms with van der Waals surface area (Å²) in [5.74, 6) is -1.14. The van der Waals surface area contributed by atoms with Crippen LogP contribution in [0.4, 0.5) is 0 Å². The molecule has 7 nitrogen and oxygen atoms in total. The number of ether oxygens (including phenoxy) is 1. The van der Waals surface area contributed by atoms with Gasteiger partial charge in [-0.15, -0.1) is 0 Å². The van der Waals surface area contributed by atoms with E-state index in [0.29, 0.717) is 25.2 Å². The van der Waals surface area contributed by atoms with E-state index < -0.39 is 5.97 Å². The van der Waals surface area contributed by atoms with E-state index in [1.807, 2.05) is 30.3 Å². The third-order valence-corrected chi connectivity index (χ3v) is 4.47. The van der Waals surface area contributed by atoms with Crippen molar-refractivity contribution in [2.75, 3.05) is 26.7 Å². The second kappa shape index (κ2) is 7.38. The number of H-pyrrole nitrogens is 1. The van der Waals surface area contributed by atoms with Gasteiger partial charge in [-0.05, 0) is 25.0 Å². The second-order valence-corrected chi connectivity index (χ2v) is 6.15. The number of hydrogen-bond donors (Lipinski definition) is 2. The normalized spacial score (nSPS) is 17.3. The summed E-state index contributed by atoms with van der Waals surface area (Å²) in [5.41, 5.74) is 1.44. The highest BCUT2D eigenvalue weighted by Crippen LogP contribution is 2.21. The Kier molecular flexibility index (Phi) is 5.02. The average molecular weight is 343 g/mol. The van der Waals surface area contributed by atoms with Crippen molar-refractivity contribution in [3.63, 3.8) is 0 Å². The number of aromatic nitrogens is 1. The molecule has 1 aliphatic rings. The van der Waals surface area contributed by atoms with E-state index in [9.17, 15) is 14.4 Å². The van der Waals surface area contributed by atoms with Crippen molar-refractivity contribution in [2.45, 2.75) is 12.8 Å². The van der Waals surface area contributed by atoms with E-state index in [1.165, 1.54) is 7.11 Å². The van der Waals surface area contributed by atoms with Crippen LogP contribution in [0.2, 0.25) is 0 Å². The summed E-state index contributed by atoms with van der Waals surface area (Å²) in [4.78, 5) is 40.9. The van der Waals surface area contributed by atoms with Crippen molar-refractivity contribution in [1.82, 2.24) is 15.2 Å². The number of para-hydroxylation sites is 1. The van der Waals surface area contributed by atoms with Crippen LogP contribution < -0.4 is 5.32 Å². The van der Waals surface area contributed by atoms with Gasteiger partial charge < -0.3 is 19.9 Å².